The number of carbonyl (C=O) groups excluding carboxylic acids is 2. The summed E-state index contributed by atoms with van der Waals surface area (Å²) in [6, 6.07) is 9.04. The maximum atomic E-state index is 12.9. The second-order valence-electron chi connectivity index (χ2n) is 7.42. The van der Waals surface area contributed by atoms with Gasteiger partial charge in [0.25, 0.3) is 5.91 Å². The summed E-state index contributed by atoms with van der Waals surface area (Å²) in [4.78, 5) is 31.2. The lowest BCUT2D eigenvalue weighted by Gasteiger charge is -2.32. The SMILES string of the molecule is O=C(Nc1nc(CC(=O)N2CCCC(c3nnc4ccccn34)C2)cs1)c1ccco1. The van der Waals surface area contributed by atoms with Crippen LogP contribution >= 0.6 is 11.3 Å². The van der Waals surface area contributed by atoms with Crippen LogP contribution in [0.15, 0.2) is 52.6 Å². The summed E-state index contributed by atoms with van der Waals surface area (Å²) in [6.45, 7) is 1.33. The molecule has 2 amide bonds. The molecule has 0 saturated carbocycles. The Morgan fingerprint density at radius 1 is 1.23 bits per heavy atom. The fourth-order valence-electron chi connectivity index (χ4n) is 3.83. The number of carbonyl (C=O) groups is 2. The van der Waals surface area contributed by atoms with Crippen molar-refractivity contribution in [3.63, 3.8) is 0 Å². The topological polar surface area (TPSA) is 106 Å². The van der Waals surface area contributed by atoms with E-state index in [9.17, 15) is 9.59 Å². The smallest absolute Gasteiger partial charge is 0.293 e. The fraction of sp³-hybridized carbons (Fsp3) is 0.286. The van der Waals surface area contributed by atoms with E-state index in [2.05, 4.69) is 20.5 Å². The van der Waals surface area contributed by atoms with Gasteiger partial charge in [-0.3, -0.25) is 19.3 Å². The number of anilines is 1. The summed E-state index contributed by atoms with van der Waals surface area (Å²) in [5, 5.41) is 13.5. The third kappa shape index (κ3) is 4.06. The molecule has 5 heterocycles. The Morgan fingerprint density at radius 2 is 2.16 bits per heavy atom. The summed E-state index contributed by atoms with van der Waals surface area (Å²) in [5.74, 6) is 0.913. The number of furan rings is 1. The zero-order chi connectivity index (χ0) is 21.2. The number of nitrogens with zero attached hydrogens (tertiary/aromatic N) is 5. The van der Waals surface area contributed by atoms with Crippen LogP contribution < -0.4 is 5.32 Å². The molecular formula is C21H20N6O3S. The van der Waals surface area contributed by atoms with Crippen LogP contribution in [0, 0.1) is 0 Å². The highest BCUT2D eigenvalue weighted by Crippen LogP contribution is 2.27. The maximum absolute atomic E-state index is 12.9. The molecule has 4 aromatic rings. The van der Waals surface area contributed by atoms with Gasteiger partial charge in [0.2, 0.25) is 5.91 Å². The van der Waals surface area contributed by atoms with Crippen LogP contribution in [0.2, 0.25) is 0 Å². The molecule has 4 aromatic heterocycles. The van der Waals surface area contributed by atoms with E-state index >= 15 is 0 Å². The predicted molar refractivity (Wildman–Crippen MR) is 114 cm³/mol. The van der Waals surface area contributed by atoms with Gasteiger partial charge < -0.3 is 9.32 Å². The van der Waals surface area contributed by atoms with Crippen LogP contribution in [0.3, 0.4) is 0 Å². The minimum Gasteiger partial charge on any atom is -0.459 e. The molecule has 1 unspecified atom stereocenters. The highest BCUT2D eigenvalue weighted by atomic mass is 32.1. The van der Waals surface area contributed by atoms with Crippen molar-refractivity contribution in [3.8, 4) is 0 Å². The molecule has 1 N–H and O–H groups in total. The van der Waals surface area contributed by atoms with Crippen LogP contribution in [0.4, 0.5) is 5.13 Å². The average Bonchev–Trinajstić information content (AvgIpc) is 3.55. The van der Waals surface area contributed by atoms with Crippen molar-refractivity contribution < 1.29 is 14.0 Å². The van der Waals surface area contributed by atoms with E-state index in [1.54, 1.807) is 17.5 Å². The zero-order valence-corrected chi connectivity index (χ0v) is 17.4. The van der Waals surface area contributed by atoms with Crippen molar-refractivity contribution in [2.45, 2.75) is 25.2 Å². The normalized spacial score (nSPS) is 16.5. The van der Waals surface area contributed by atoms with Crippen LogP contribution in [0.25, 0.3) is 5.65 Å². The third-order valence-corrected chi connectivity index (χ3v) is 6.14. The lowest BCUT2D eigenvalue weighted by atomic mass is 9.97. The van der Waals surface area contributed by atoms with Gasteiger partial charge >= 0.3 is 0 Å². The van der Waals surface area contributed by atoms with Crippen molar-refractivity contribution in [3.05, 3.63) is 65.5 Å². The van der Waals surface area contributed by atoms with Crippen molar-refractivity contribution >= 4 is 33.9 Å². The fourth-order valence-corrected chi connectivity index (χ4v) is 4.54. The van der Waals surface area contributed by atoms with E-state index in [-0.39, 0.29) is 29.9 Å². The molecule has 158 valence electrons. The maximum Gasteiger partial charge on any atom is 0.293 e. The lowest BCUT2D eigenvalue weighted by Crippen LogP contribution is -2.40. The van der Waals surface area contributed by atoms with Gasteiger partial charge in [-0.1, -0.05) is 6.07 Å². The number of amides is 2. The summed E-state index contributed by atoms with van der Waals surface area (Å²) >= 11 is 1.29. The Morgan fingerprint density at radius 3 is 3.03 bits per heavy atom. The summed E-state index contributed by atoms with van der Waals surface area (Å²) in [6.07, 6.45) is 5.48. The molecule has 0 aliphatic carbocycles. The van der Waals surface area contributed by atoms with Gasteiger partial charge in [-0.2, -0.15) is 0 Å². The summed E-state index contributed by atoms with van der Waals surface area (Å²) < 4.78 is 7.07. The minimum atomic E-state index is -0.364. The standard InChI is InChI=1S/C21H20N6O3S/c28-18(11-15-13-31-21(22-15)23-20(29)16-6-4-10-30-16)26-8-3-5-14(12-26)19-25-24-17-7-1-2-9-27(17)19/h1-2,4,6-7,9-10,13-14H,3,5,8,11-12H2,(H,22,23,29). The first kappa shape index (κ1) is 19.4. The molecule has 1 fully saturated rings. The number of piperidine rings is 1. The largest absolute Gasteiger partial charge is 0.459 e. The quantitative estimate of drug-likeness (QED) is 0.516. The molecule has 10 heteroatoms. The Bertz CT molecular complexity index is 1210. The molecule has 1 aliphatic heterocycles. The monoisotopic (exact) mass is 436 g/mol. The molecule has 1 atom stereocenters. The van der Waals surface area contributed by atoms with Gasteiger partial charge in [-0.25, -0.2) is 4.98 Å². The molecule has 0 radical (unpaired) electrons. The number of hydrogen-bond acceptors (Lipinski definition) is 7. The van der Waals surface area contributed by atoms with Gasteiger partial charge in [-0.05, 0) is 37.1 Å². The van der Waals surface area contributed by atoms with Gasteiger partial charge in [0.1, 0.15) is 5.82 Å². The minimum absolute atomic E-state index is 0.0210. The number of nitrogens with one attached hydrogen (secondary N) is 1. The Labute approximate surface area is 181 Å². The zero-order valence-electron chi connectivity index (χ0n) is 16.6. The van der Waals surface area contributed by atoms with E-state index in [0.29, 0.717) is 17.4 Å². The van der Waals surface area contributed by atoms with Gasteiger partial charge in [0, 0.05) is 30.6 Å². The highest BCUT2D eigenvalue weighted by molar-refractivity contribution is 7.14. The molecule has 0 bridgehead atoms. The first-order chi connectivity index (χ1) is 15.2. The number of fused-ring (bicyclic) bond motifs is 1. The van der Waals surface area contributed by atoms with Crippen LogP contribution in [-0.4, -0.2) is 49.4 Å². The molecule has 9 nitrogen and oxygen atoms in total. The molecule has 0 aromatic carbocycles. The molecule has 5 rings (SSSR count). The van der Waals surface area contributed by atoms with E-state index in [4.69, 9.17) is 4.42 Å². The van der Waals surface area contributed by atoms with Gasteiger partial charge in [0.05, 0.1) is 18.4 Å². The third-order valence-electron chi connectivity index (χ3n) is 5.33. The van der Waals surface area contributed by atoms with E-state index in [1.807, 2.05) is 33.7 Å². The van der Waals surface area contributed by atoms with E-state index < -0.39 is 0 Å². The summed E-state index contributed by atoms with van der Waals surface area (Å²) in [5.41, 5.74) is 1.45. The van der Waals surface area contributed by atoms with Crippen molar-refractivity contribution in [1.82, 2.24) is 24.5 Å². The number of hydrogen-bond donors (Lipinski definition) is 1. The van der Waals surface area contributed by atoms with E-state index in [0.717, 1.165) is 30.9 Å². The van der Waals surface area contributed by atoms with Crippen LogP contribution in [0.5, 0.6) is 0 Å². The molecule has 0 spiro atoms. The second-order valence-corrected chi connectivity index (χ2v) is 8.28. The number of rotatable bonds is 5. The van der Waals surface area contributed by atoms with Crippen molar-refractivity contribution in [2.75, 3.05) is 18.4 Å². The number of aromatic nitrogens is 4. The average molecular weight is 436 g/mol. The first-order valence-electron chi connectivity index (χ1n) is 10.0. The van der Waals surface area contributed by atoms with E-state index in [1.165, 1.54) is 17.6 Å². The van der Waals surface area contributed by atoms with Gasteiger partial charge in [0.15, 0.2) is 16.5 Å². The molecule has 1 saturated heterocycles. The number of thiazole rings is 1. The highest BCUT2D eigenvalue weighted by Gasteiger charge is 2.28. The predicted octanol–water partition coefficient (Wildman–Crippen LogP) is 2.98. The number of pyridine rings is 1. The molecular weight excluding hydrogens is 416 g/mol. The van der Waals surface area contributed by atoms with Crippen molar-refractivity contribution in [2.24, 2.45) is 0 Å². The Hall–Kier alpha value is -3.53. The van der Waals surface area contributed by atoms with Crippen LogP contribution in [0.1, 0.15) is 40.8 Å². The number of likely N-dealkylation sites (tertiary alicyclic amines) is 1. The van der Waals surface area contributed by atoms with Crippen LogP contribution in [-0.2, 0) is 11.2 Å². The summed E-state index contributed by atoms with van der Waals surface area (Å²) in [7, 11) is 0. The van der Waals surface area contributed by atoms with Crippen molar-refractivity contribution in [1.29, 1.82) is 0 Å². The molecule has 31 heavy (non-hydrogen) atoms. The lowest BCUT2D eigenvalue weighted by molar-refractivity contribution is -0.131. The first-order valence-corrected chi connectivity index (χ1v) is 10.9. The molecule has 1 aliphatic rings. The van der Waals surface area contributed by atoms with Gasteiger partial charge in [-0.15, -0.1) is 21.5 Å². The second kappa shape index (κ2) is 8.31. The Kier molecular flexibility index (Phi) is 5.21. The Balaban J connectivity index is 1.22.